The van der Waals surface area contributed by atoms with Crippen LogP contribution in [0.3, 0.4) is 0 Å². The standard InChI is InChI=1S/C17H22N4O5S/c1-3-26-17(25-2)5-14(21(10-17)15(23)8-19-11-22)16(24)20-7-13-4-12(6-18)9-27-13/h4,9,11,14H,3,5,7-8,10H2,1-2H3,(H,19,22)(H,20,24). The average molecular weight is 394 g/mol. The van der Waals surface area contributed by atoms with Crippen LogP contribution < -0.4 is 10.6 Å². The molecule has 2 atom stereocenters. The van der Waals surface area contributed by atoms with Crippen LogP contribution in [0.2, 0.25) is 0 Å². The van der Waals surface area contributed by atoms with Crippen LogP contribution in [0.15, 0.2) is 11.4 Å². The van der Waals surface area contributed by atoms with E-state index in [0.29, 0.717) is 18.6 Å². The smallest absolute Gasteiger partial charge is 0.243 e. The summed E-state index contributed by atoms with van der Waals surface area (Å²) in [4.78, 5) is 37.8. The predicted octanol–water partition coefficient (Wildman–Crippen LogP) is -0.0379. The molecule has 0 saturated carbocycles. The van der Waals surface area contributed by atoms with Gasteiger partial charge < -0.3 is 25.0 Å². The Labute approximate surface area is 161 Å². The molecule has 2 rings (SSSR count). The van der Waals surface area contributed by atoms with Crippen LogP contribution in [0.1, 0.15) is 23.8 Å². The molecule has 1 fully saturated rings. The molecule has 0 aromatic carbocycles. The molecule has 2 N–H and O–H groups in total. The quantitative estimate of drug-likeness (QED) is 0.448. The molecular formula is C17H22N4O5S. The largest absolute Gasteiger partial charge is 0.351 e. The molecule has 2 heterocycles. The number of amides is 3. The Morgan fingerprint density at radius 2 is 2.33 bits per heavy atom. The van der Waals surface area contributed by atoms with E-state index in [2.05, 4.69) is 10.6 Å². The maximum atomic E-state index is 12.7. The predicted molar refractivity (Wildman–Crippen MR) is 96.4 cm³/mol. The number of methoxy groups -OCH3 is 1. The monoisotopic (exact) mass is 394 g/mol. The highest BCUT2D eigenvalue weighted by atomic mass is 32.1. The van der Waals surface area contributed by atoms with Crippen molar-refractivity contribution in [3.63, 3.8) is 0 Å². The lowest BCUT2D eigenvalue weighted by Crippen LogP contribution is -2.48. The van der Waals surface area contributed by atoms with E-state index >= 15 is 0 Å². The van der Waals surface area contributed by atoms with Gasteiger partial charge in [-0.2, -0.15) is 5.26 Å². The molecule has 10 heteroatoms. The third-order valence-corrected chi connectivity index (χ3v) is 5.19. The normalized spacial score (nSPS) is 21.5. The summed E-state index contributed by atoms with van der Waals surface area (Å²) in [6.07, 6.45) is 0.614. The maximum Gasteiger partial charge on any atom is 0.243 e. The van der Waals surface area contributed by atoms with Crippen molar-refractivity contribution in [2.45, 2.75) is 31.7 Å². The minimum absolute atomic E-state index is 0.0897. The first-order chi connectivity index (χ1) is 13.0. The second-order valence-corrected chi connectivity index (χ2v) is 6.92. The van der Waals surface area contributed by atoms with Crippen LogP contribution in [0, 0.1) is 11.3 Å². The van der Waals surface area contributed by atoms with Crippen molar-refractivity contribution in [3.8, 4) is 6.07 Å². The van der Waals surface area contributed by atoms with E-state index < -0.39 is 17.7 Å². The van der Waals surface area contributed by atoms with Crippen LogP contribution in [0.4, 0.5) is 0 Å². The summed E-state index contributed by atoms with van der Waals surface area (Å²) in [5.41, 5.74) is 0.539. The average Bonchev–Trinajstić information content (AvgIpc) is 3.29. The van der Waals surface area contributed by atoms with Crippen molar-refractivity contribution in [1.29, 1.82) is 5.26 Å². The van der Waals surface area contributed by atoms with Crippen molar-refractivity contribution < 1.29 is 23.9 Å². The number of carbonyl (C=O) groups is 3. The van der Waals surface area contributed by atoms with Crippen molar-refractivity contribution in [1.82, 2.24) is 15.5 Å². The summed E-state index contributed by atoms with van der Waals surface area (Å²) in [5, 5.41) is 15.7. The number of rotatable bonds is 9. The van der Waals surface area contributed by atoms with Gasteiger partial charge in [0.05, 0.1) is 25.2 Å². The van der Waals surface area contributed by atoms with Gasteiger partial charge in [0.2, 0.25) is 18.2 Å². The molecule has 0 aliphatic carbocycles. The van der Waals surface area contributed by atoms with Crippen molar-refractivity contribution in [3.05, 3.63) is 21.9 Å². The van der Waals surface area contributed by atoms with E-state index in [1.807, 2.05) is 6.07 Å². The first-order valence-corrected chi connectivity index (χ1v) is 9.27. The molecule has 2 unspecified atom stereocenters. The third-order valence-electron chi connectivity index (χ3n) is 4.25. The highest BCUT2D eigenvalue weighted by Gasteiger charge is 2.49. The lowest BCUT2D eigenvalue weighted by molar-refractivity contribution is -0.210. The highest BCUT2D eigenvalue weighted by molar-refractivity contribution is 7.10. The van der Waals surface area contributed by atoms with Crippen LogP contribution in [0.25, 0.3) is 0 Å². The van der Waals surface area contributed by atoms with Crippen molar-refractivity contribution in [2.24, 2.45) is 0 Å². The number of likely N-dealkylation sites (tertiary alicyclic amines) is 1. The minimum Gasteiger partial charge on any atom is -0.351 e. The van der Waals surface area contributed by atoms with Crippen LogP contribution in [-0.4, -0.2) is 61.8 Å². The molecule has 1 aromatic rings. The molecule has 0 spiro atoms. The molecule has 0 bridgehead atoms. The molecule has 1 aliphatic heterocycles. The fourth-order valence-electron chi connectivity index (χ4n) is 2.96. The molecule has 27 heavy (non-hydrogen) atoms. The maximum absolute atomic E-state index is 12.7. The SMILES string of the molecule is CCOC1(OC)CC(C(=O)NCc2cc(C#N)cs2)N(C(=O)CNC=O)C1. The van der Waals surface area contributed by atoms with Gasteiger partial charge in [-0.25, -0.2) is 0 Å². The lowest BCUT2D eigenvalue weighted by Gasteiger charge is -2.27. The number of thiophene rings is 1. The summed E-state index contributed by atoms with van der Waals surface area (Å²) in [5.74, 6) is -1.81. The fraction of sp³-hybridized carbons (Fsp3) is 0.529. The molecule has 1 aromatic heterocycles. The molecular weight excluding hydrogens is 372 g/mol. The summed E-state index contributed by atoms with van der Waals surface area (Å²) >= 11 is 1.37. The number of carbonyl (C=O) groups excluding carboxylic acids is 3. The van der Waals surface area contributed by atoms with Gasteiger partial charge in [-0.05, 0) is 13.0 Å². The summed E-state index contributed by atoms with van der Waals surface area (Å²) < 4.78 is 11.1. The third kappa shape index (κ3) is 5.03. The molecule has 146 valence electrons. The van der Waals surface area contributed by atoms with Gasteiger partial charge in [0.25, 0.3) is 0 Å². The fourth-order valence-corrected chi connectivity index (χ4v) is 3.71. The zero-order valence-corrected chi connectivity index (χ0v) is 16.0. The van der Waals surface area contributed by atoms with Gasteiger partial charge in [0.15, 0.2) is 5.79 Å². The van der Waals surface area contributed by atoms with E-state index in [-0.39, 0.29) is 32.0 Å². The Morgan fingerprint density at radius 3 is 2.93 bits per heavy atom. The Balaban J connectivity index is 2.10. The topological polar surface area (TPSA) is 121 Å². The van der Waals surface area contributed by atoms with E-state index in [1.165, 1.54) is 23.3 Å². The molecule has 1 aliphatic rings. The number of ether oxygens (including phenoxy) is 2. The van der Waals surface area contributed by atoms with E-state index in [9.17, 15) is 14.4 Å². The zero-order chi connectivity index (χ0) is 19.9. The second-order valence-electron chi connectivity index (χ2n) is 5.92. The van der Waals surface area contributed by atoms with E-state index in [0.717, 1.165) is 4.88 Å². The first kappa shape index (κ1) is 20.8. The van der Waals surface area contributed by atoms with E-state index in [1.54, 1.807) is 18.4 Å². The van der Waals surface area contributed by atoms with Gasteiger partial charge in [-0.15, -0.1) is 11.3 Å². The minimum atomic E-state index is -1.06. The second kappa shape index (κ2) is 9.45. The number of hydrogen-bond acceptors (Lipinski definition) is 7. The Hall–Kier alpha value is -2.48. The van der Waals surface area contributed by atoms with Gasteiger partial charge in [-0.3, -0.25) is 14.4 Å². The lowest BCUT2D eigenvalue weighted by atomic mass is 10.1. The summed E-state index contributed by atoms with van der Waals surface area (Å²) in [7, 11) is 1.47. The Morgan fingerprint density at radius 1 is 1.56 bits per heavy atom. The molecule has 1 saturated heterocycles. The number of nitrogens with zero attached hydrogens (tertiary/aromatic N) is 2. The zero-order valence-electron chi connectivity index (χ0n) is 15.2. The first-order valence-electron chi connectivity index (χ1n) is 8.39. The van der Waals surface area contributed by atoms with Gasteiger partial charge in [-0.1, -0.05) is 0 Å². The van der Waals surface area contributed by atoms with E-state index in [4.69, 9.17) is 14.7 Å². The molecule has 9 nitrogen and oxygen atoms in total. The Kier molecular flexibility index (Phi) is 7.29. The van der Waals surface area contributed by atoms with Gasteiger partial charge >= 0.3 is 0 Å². The van der Waals surface area contributed by atoms with Crippen molar-refractivity contribution >= 4 is 29.6 Å². The Bertz CT molecular complexity index is 731. The highest BCUT2D eigenvalue weighted by Crippen LogP contribution is 2.31. The van der Waals surface area contributed by atoms with Crippen LogP contribution in [0.5, 0.6) is 0 Å². The number of nitrogens with one attached hydrogen (secondary N) is 2. The van der Waals surface area contributed by atoms with Crippen LogP contribution >= 0.6 is 11.3 Å². The van der Waals surface area contributed by atoms with Gasteiger partial charge in [0.1, 0.15) is 12.1 Å². The summed E-state index contributed by atoms with van der Waals surface area (Å²) in [6, 6.07) is 2.96. The number of nitriles is 1. The summed E-state index contributed by atoms with van der Waals surface area (Å²) in [6.45, 7) is 2.30. The van der Waals surface area contributed by atoms with Gasteiger partial charge in [0, 0.05) is 30.4 Å². The van der Waals surface area contributed by atoms with Crippen LogP contribution in [-0.2, 0) is 30.4 Å². The number of hydrogen-bond donors (Lipinski definition) is 2. The van der Waals surface area contributed by atoms with Crippen molar-refractivity contribution in [2.75, 3.05) is 26.8 Å². The molecule has 3 amide bonds. The molecule has 0 radical (unpaired) electrons.